The Morgan fingerprint density at radius 3 is 1.00 bits per heavy atom. The van der Waals surface area contributed by atoms with Crippen molar-refractivity contribution < 1.29 is 16.5 Å². The van der Waals surface area contributed by atoms with Crippen LogP contribution in [0.3, 0.4) is 0 Å². The van der Waals surface area contributed by atoms with Crippen LogP contribution in [-0.4, -0.2) is 9.97 Å². The second-order valence-corrected chi connectivity index (χ2v) is 5.40. The number of hydrogen-bond donors (Lipinski definition) is 0. The Balaban J connectivity index is 0.000000211. The maximum Gasteiger partial charge on any atom is 2.00 e. The first-order valence-electron chi connectivity index (χ1n) is 8.32. The molecule has 0 aliphatic heterocycles. The molecule has 0 aliphatic rings. The van der Waals surface area contributed by atoms with Crippen LogP contribution in [0.15, 0.2) is 109 Å². The fraction of sp³-hybridized carbons (Fsp3) is 0. The van der Waals surface area contributed by atoms with Gasteiger partial charge in [0.1, 0.15) is 0 Å². The number of nitrogens with zero attached hydrogens (tertiary/aromatic N) is 2. The maximum atomic E-state index is 4.19. The number of benzene rings is 2. The summed E-state index contributed by atoms with van der Waals surface area (Å²) in [5.74, 6) is 0. The van der Waals surface area contributed by atoms with E-state index in [9.17, 15) is 0 Å². The van der Waals surface area contributed by atoms with Gasteiger partial charge in [-0.15, -0.1) is 24.3 Å². The molecule has 138 valence electrons. The predicted octanol–water partition coefficient (Wildman–Crippen LogP) is 5.88. The van der Waals surface area contributed by atoms with Crippen molar-refractivity contribution in [1.29, 1.82) is 0 Å². The Hall–Kier alpha value is -3.03. The van der Waals surface area contributed by atoms with Crippen LogP contribution in [-0.2, 0) is 16.5 Å². The van der Waals surface area contributed by atoms with Gasteiger partial charge in [0.2, 0.25) is 0 Å². The van der Waals surface area contributed by atoms with Gasteiger partial charge in [0.05, 0.1) is 11.4 Å². The van der Waals surface area contributed by atoms with Crippen LogP contribution in [0.5, 0.6) is 0 Å². The fourth-order valence-electron chi connectivity index (χ4n) is 1.98. The third kappa shape index (κ3) is 9.29. The largest absolute Gasteiger partial charge is 2.00 e. The molecule has 0 N–H and O–H groups in total. The number of aromatic nitrogens is 2. The number of rotatable bonds is 1. The van der Waals surface area contributed by atoms with Crippen LogP contribution in [0.2, 0.25) is 0 Å². The Kier molecular flexibility index (Phi) is 10.8. The standard InChI is InChI=1S/C10H8N2.2C7H7.Ni/c1-3-7-11-9(5-1)10-6-2-4-8-12-10;2*1-7-5-3-2-4-6-7;/h1-8H;2*2-6H,1H2;/q;2*-1;+2. The van der Waals surface area contributed by atoms with E-state index in [0.717, 1.165) is 22.5 Å². The zero-order chi connectivity index (χ0) is 18.5. The monoisotopic (exact) mass is 396 g/mol. The van der Waals surface area contributed by atoms with Gasteiger partial charge in [-0.3, -0.25) is 9.97 Å². The van der Waals surface area contributed by atoms with E-state index in [1.807, 2.05) is 97.1 Å². The average molecular weight is 397 g/mol. The van der Waals surface area contributed by atoms with E-state index in [-0.39, 0.29) is 16.5 Å². The third-order valence-corrected chi connectivity index (χ3v) is 3.28. The molecule has 0 unspecified atom stereocenters. The zero-order valence-electron chi connectivity index (χ0n) is 15.0. The third-order valence-electron chi connectivity index (χ3n) is 3.28. The van der Waals surface area contributed by atoms with E-state index in [2.05, 4.69) is 23.8 Å². The number of pyridine rings is 2. The summed E-state index contributed by atoms with van der Waals surface area (Å²) in [5, 5.41) is 0. The first-order chi connectivity index (χ1) is 12.8. The topological polar surface area (TPSA) is 25.8 Å². The molecular weight excluding hydrogens is 375 g/mol. The summed E-state index contributed by atoms with van der Waals surface area (Å²) in [6, 6.07) is 31.3. The van der Waals surface area contributed by atoms with Gasteiger partial charge in [-0.1, -0.05) is 24.3 Å². The Bertz CT molecular complexity index is 761. The zero-order valence-corrected chi connectivity index (χ0v) is 16.0. The van der Waals surface area contributed by atoms with Crippen LogP contribution in [0.25, 0.3) is 11.4 Å². The first kappa shape index (κ1) is 22.0. The molecule has 0 fully saturated rings. The molecule has 0 bridgehead atoms. The summed E-state index contributed by atoms with van der Waals surface area (Å²) in [6.07, 6.45) is 3.54. The Morgan fingerprint density at radius 1 is 0.444 bits per heavy atom. The summed E-state index contributed by atoms with van der Waals surface area (Å²) in [4.78, 5) is 8.37. The summed E-state index contributed by atoms with van der Waals surface area (Å²) in [7, 11) is 0. The van der Waals surface area contributed by atoms with Gasteiger partial charge in [0.15, 0.2) is 0 Å². The second-order valence-electron chi connectivity index (χ2n) is 5.40. The van der Waals surface area contributed by atoms with Crippen molar-refractivity contribution in [3.05, 3.63) is 134 Å². The Labute approximate surface area is 172 Å². The van der Waals surface area contributed by atoms with Gasteiger partial charge in [0.25, 0.3) is 0 Å². The van der Waals surface area contributed by atoms with Gasteiger partial charge >= 0.3 is 16.5 Å². The van der Waals surface area contributed by atoms with Gasteiger partial charge in [-0.25, -0.2) is 0 Å². The molecule has 2 nitrogen and oxygen atoms in total. The molecule has 0 saturated carbocycles. The van der Waals surface area contributed by atoms with Crippen LogP contribution in [0, 0.1) is 13.8 Å². The molecule has 2 heterocycles. The second kappa shape index (κ2) is 13.2. The van der Waals surface area contributed by atoms with Gasteiger partial charge in [0, 0.05) is 12.4 Å². The number of hydrogen-bond acceptors (Lipinski definition) is 2. The molecule has 2 aromatic carbocycles. The minimum absolute atomic E-state index is 0. The Morgan fingerprint density at radius 2 is 0.778 bits per heavy atom. The van der Waals surface area contributed by atoms with Crippen molar-refractivity contribution in [2.75, 3.05) is 0 Å². The SMILES string of the molecule is [CH2-]c1ccccc1.[CH2-]c1ccccc1.[Ni+2].c1ccc(-c2ccccn2)nc1. The van der Waals surface area contributed by atoms with Crippen molar-refractivity contribution in [1.82, 2.24) is 9.97 Å². The molecule has 2 aromatic heterocycles. The minimum atomic E-state index is 0. The van der Waals surface area contributed by atoms with Crippen LogP contribution in [0.4, 0.5) is 0 Å². The van der Waals surface area contributed by atoms with E-state index in [1.54, 1.807) is 12.4 Å². The van der Waals surface area contributed by atoms with Crippen molar-refractivity contribution in [3.63, 3.8) is 0 Å². The molecule has 27 heavy (non-hydrogen) atoms. The molecule has 0 radical (unpaired) electrons. The normalized spacial score (nSPS) is 8.74. The molecule has 0 amide bonds. The predicted molar refractivity (Wildman–Crippen MR) is 109 cm³/mol. The molecule has 0 aliphatic carbocycles. The summed E-state index contributed by atoms with van der Waals surface area (Å²) in [5.41, 5.74) is 3.97. The summed E-state index contributed by atoms with van der Waals surface area (Å²) in [6.45, 7) is 7.44. The summed E-state index contributed by atoms with van der Waals surface area (Å²) < 4.78 is 0. The van der Waals surface area contributed by atoms with Crippen molar-refractivity contribution in [3.8, 4) is 11.4 Å². The van der Waals surface area contributed by atoms with Crippen molar-refractivity contribution >= 4 is 0 Å². The quantitative estimate of drug-likeness (QED) is 0.296. The van der Waals surface area contributed by atoms with Crippen molar-refractivity contribution in [2.24, 2.45) is 0 Å². The molecular formula is C24H22N2Ni. The first-order valence-corrected chi connectivity index (χ1v) is 8.32. The van der Waals surface area contributed by atoms with Crippen LogP contribution in [0.1, 0.15) is 11.1 Å². The molecule has 0 spiro atoms. The van der Waals surface area contributed by atoms with E-state index in [0.29, 0.717) is 0 Å². The van der Waals surface area contributed by atoms with E-state index >= 15 is 0 Å². The molecule has 4 aromatic rings. The van der Waals surface area contributed by atoms with Crippen LogP contribution < -0.4 is 0 Å². The van der Waals surface area contributed by atoms with Crippen molar-refractivity contribution in [2.45, 2.75) is 0 Å². The molecule has 3 heteroatoms. The van der Waals surface area contributed by atoms with E-state index in [4.69, 9.17) is 0 Å². The van der Waals surface area contributed by atoms with E-state index < -0.39 is 0 Å². The average Bonchev–Trinajstić information content (AvgIpc) is 2.72. The summed E-state index contributed by atoms with van der Waals surface area (Å²) >= 11 is 0. The van der Waals surface area contributed by atoms with Gasteiger partial charge in [-0.05, 0) is 24.3 Å². The van der Waals surface area contributed by atoms with Gasteiger partial charge in [-0.2, -0.15) is 49.2 Å². The minimum Gasteiger partial charge on any atom is -0.255 e. The molecule has 0 atom stereocenters. The smallest absolute Gasteiger partial charge is 0.255 e. The fourth-order valence-corrected chi connectivity index (χ4v) is 1.98. The van der Waals surface area contributed by atoms with Gasteiger partial charge < -0.3 is 0 Å². The van der Waals surface area contributed by atoms with Crippen LogP contribution >= 0.6 is 0 Å². The molecule has 4 rings (SSSR count). The van der Waals surface area contributed by atoms with E-state index in [1.165, 1.54) is 0 Å². The maximum absolute atomic E-state index is 4.19. The molecule has 0 saturated heterocycles.